The lowest BCUT2D eigenvalue weighted by Gasteiger charge is -2.07. The van der Waals surface area contributed by atoms with Gasteiger partial charge >= 0.3 is 5.97 Å². The van der Waals surface area contributed by atoms with E-state index in [0.29, 0.717) is 12.1 Å². The predicted molar refractivity (Wildman–Crippen MR) is 47.4 cm³/mol. The van der Waals surface area contributed by atoms with Crippen LogP contribution in [0, 0.1) is 6.92 Å². The van der Waals surface area contributed by atoms with E-state index in [2.05, 4.69) is 10.2 Å². The standard InChI is InChI=1S/C9H12N2O2/c1-3-7(9(12)13)8-4-6(2)5-10-11-8/h4-5,7H,3H2,1-2H3,(H,12,13). The van der Waals surface area contributed by atoms with Gasteiger partial charge in [-0.25, -0.2) is 0 Å². The summed E-state index contributed by atoms with van der Waals surface area (Å²) in [4.78, 5) is 10.8. The van der Waals surface area contributed by atoms with Gasteiger partial charge in [-0.1, -0.05) is 6.92 Å². The van der Waals surface area contributed by atoms with E-state index in [-0.39, 0.29) is 0 Å². The Bertz CT molecular complexity index is 312. The summed E-state index contributed by atoms with van der Waals surface area (Å²) in [5, 5.41) is 16.4. The van der Waals surface area contributed by atoms with Gasteiger partial charge in [0.05, 0.1) is 11.9 Å². The van der Waals surface area contributed by atoms with E-state index < -0.39 is 11.9 Å². The number of carbonyl (C=O) groups is 1. The summed E-state index contributed by atoms with van der Waals surface area (Å²) in [5.74, 6) is -1.38. The highest BCUT2D eigenvalue weighted by Crippen LogP contribution is 2.17. The lowest BCUT2D eigenvalue weighted by Crippen LogP contribution is -2.12. The monoisotopic (exact) mass is 180 g/mol. The van der Waals surface area contributed by atoms with E-state index >= 15 is 0 Å². The third-order valence-electron chi connectivity index (χ3n) is 1.87. The molecule has 0 bridgehead atoms. The van der Waals surface area contributed by atoms with Crippen molar-refractivity contribution >= 4 is 5.97 Å². The topological polar surface area (TPSA) is 63.1 Å². The summed E-state index contributed by atoms with van der Waals surface area (Å²) >= 11 is 0. The third-order valence-corrected chi connectivity index (χ3v) is 1.87. The van der Waals surface area contributed by atoms with Gasteiger partial charge in [-0.05, 0) is 25.0 Å². The fourth-order valence-electron chi connectivity index (χ4n) is 1.17. The third kappa shape index (κ3) is 2.24. The number of carboxylic acid groups (broad SMARTS) is 1. The first kappa shape index (κ1) is 9.64. The Hall–Kier alpha value is -1.45. The average Bonchev–Trinajstić information content (AvgIpc) is 2.04. The fourth-order valence-corrected chi connectivity index (χ4v) is 1.17. The Kier molecular flexibility index (Phi) is 2.95. The summed E-state index contributed by atoms with van der Waals surface area (Å²) < 4.78 is 0. The zero-order chi connectivity index (χ0) is 9.84. The van der Waals surface area contributed by atoms with E-state index in [4.69, 9.17) is 5.11 Å². The number of hydrogen-bond donors (Lipinski definition) is 1. The van der Waals surface area contributed by atoms with Crippen molar-refractivity contribution in [2.24, 2.45) is 0 Å². The number of hydrogen-bond acceptors (Lipinski definition) is 3. The van der Waals surface area contributed by atoms with Crippen LogP contribution in [-0.2, 0) is 4.79 Å². The van der Waals surface area contributed by atoms with Crippen molar-refractivity contribution in [1.29, 1.82) is 0 Å². The number of rotatable bonds is 3. The predicted octanol–water partition coefficient (Wildman–Crippen LogP) is 1.36. The number of nitrogens with zero attached hydrogens (tertiary/aromatic N) is 2. The zero-order valence-electron chi connectivity index (χ0n) is 7.69. The maximum Gasteiger partial charge on any atom is 0.312 e. The first-order valence-corrected chi connectivity index (χ1v) is 4.17. The molecule has 1 heterocycles. The lowest BCUT2D eigenvalue weighted by atomic mass is 10.0. The molecule has 1 N–H and O–H groups in total. The minimum Gasteiger partial charge on any atom is -0.481 e. The van der Waals surface area contributed by atoms with Gasteiger partial charge in [0, 0.05) is 0 Å². The minimum atomic E-state index is -0.845. The van der Waals surface area contributed by atoms with Crippen LogP contribution < -0.4 is 0 Å². The van der Waals surface area contributed by atoms with Crippen molar-refractivity contribution in [3.05, 3.63) is 23.5 Å². The van der Waals surface area contributed by atoms with Crippen LogP contribution in [0.25, 0.3) is 0 Å². The molecule has 1 rings (SSSR count). The van der Waals surface area contributed by atoms with Crippen molar-refractivity contribution in [3.8, 4) is 0 Å². The molecule has 0 radical (unpaired) electrons. The fraction of sp³-hybridized carbons (Fsp3) is 0.444. The molecule has 70 valence electrons. The van der Waals surface area contributed by atoms with Gasteiger partial charge in [0.25, 0.3) is 0 Å². The molecule has 0 aromatic carbocycles. The maximum absolute atomic E-state index is 10.8. The molecule has 1 aromatic rings. The van der Waals surface area contributed by atoms with Crippen molar-refractivity contribution < 1.29 is 9.90 Å². The van der Waals surface area contributed by atoms with Crippen LogP contribution in [-0.4, -0.2) is 21.3 Å². The molecule has 0 spiro atoms. The number of aromatic nitrogens is 2. The first-order valence-electron chi connectivity index (χ1n) is 4.17. The van der Waals surface area contributed by atoms with Crippen LogP contribution in [0.15, 0.2) is 12.3 Å². The van der Waals surface area contributed by atoms with Crippen molar-refractivity contribution in [1.82, 2.24) is 10.2 Å². The van der Waals surface area contributed by atoms with Gasteiger partial charge in [0.15, 0.2) is 0 Å². The Morgan fingerprint density at radius 1 is 1.69 bits per heavy atom. The molecule has 4 nitrogen and oxygen atoms in total. The molecule has 0 saturated heterocycles. The van der Waals surface area contributed by atoms with Gasteiger partial charge in [-0.3, -0.25) is 4.79 Å². The highest BCUT2D eigenvalue weighted by molar-refractivity contribution is 5.75. The normalized spacial score (nSPS) is 12.5. The van der Waals surface area contributed by atoms with E-state index in [1.165, 1.54) is 0 Å². The molecule has 13 heavy (non-hydrogen) atoms. The van der Waals surface area contributed by atoms with Crippen LogP contribution in [0.4, 0.5) is 0 Å². The molecule has 1 aromatic heterocycles. The van der Waals surface area contributed by atoms with Gasteiger partial charge in [-0.15, -0.1) is 0 Å². The van der Waals surface area contributed by atoms with Crippen molar-refractivity contribution in [2.45, 2.75) is 26.2 Å². The molecular weight excluding hydrogens is 168 g/mol. The average molecular weight is 180 g/mol. The summed E-state index contributed by atoms with van der Waals surface area (Å²) in [7, 11) is 0. The summed E-state index contributed by atoms with van der Waals surface area (Å²) in [6, 6.07) is 1.76. The van der Waals surface area contributed by atoms with Crippen molar-refractivity contribution in [3.63, 3.8) is 0 Å². The molecule has 1 atom stereocenters. The van der Waals surface area contributed by atoms with E-state index in [0.717, 1.165) is 5.56 Å². The first-order chi connectivity index (χ1) is 6.15. The quantitative estimate of drug-likeness (QED) is 0.762. The van der Waals surface area contributed by atoms with Crippen LogP contribution >= 0.6 is 0 Å². The lowest BCUT2D eigenvalue weighted by molar-refractivity contribution is -0.139. The van der Waals surface area contributed by atoms with Gasteiger partial charge in [0.1, 0.15) is 5.92 Å². The summed E-state index contributed by atoms with van der Waals surface area (Å²) in [6.45, 7) is 3.69. The van der Waals surface area contributed by atoms with E-state index in [1.807, 2.05) is 13.8 Å². The molecule has 4 heteroatoms. The van der Waals surface area contributed by atoms with Gasteiger partial charge < -0.3 is 5.11 Å². The number of aliphatic carboxylic acids is 1. The molecule has 0 saturated carbocycles. The highest BCUT2D eigenvalue weighted by Gasteiger charge is 2.19. The SMILES string of the molecule is CCC(C(=O)O)c1cc(C)cnn1. The van der Waals surface area contributed by atoms with Crippen LogP contribution in [0.5, 0.6) is 0 Å². The molecule has 0 aliphatic rings. The highest BCUT2D eigenvalue weighted by atomic mass is 16.4. The van der Waals surface area contributed by atoms with Crippen LogP contribution in [0.3, 0.4) is 0 Å². The maximum atomic E-state index is 10.8. The van der Waals surface area contributed by atoms with Crippen molar-refractivity contribution in [2.75, 3.05) is 0 Å². The second-order valence-electron chi connectivity index (χ2n) is 2.96. The Morgan fingerprint density at radius 3 is 2.85 bits per heavy atom. The zero-order valence-corrected chi connectivity index (χ0v) is 7.69. The Morgan fingerprint density at radius 2 is 2.38 bits per heavy atom. The summed E-state index contributed by atoms with van der Waals surface area (Å²) in [5.41, 5.74) is 1.47. The summed E-state index contributed by atoms with van der Waals surface area (Å²) in [6.07, 6.45) is 2.14. The second-order valence-corrected chi connectivity index (χ2v) is 2.96. The molecular formula is C9H12N2O2. The second kappa shape index (κ2) is 3.98. The van der Waals surface area contributed by atoms with E-state index in [9.17, 15) is 4.79 Å². The molecule has 1 unspecified atom stereocenters. The molecule has 0 fully saturated rings. The van der Waals surface area contributed by atoms with E-state index in [1.54, 1.807) is 12.3 Å². The Balaban J connectivity index is 2.98. The number of aryl methyl sites for hydroxylation is 1. The van der Waals surface area contributed by atoms with Crippen LogP contribution in [0.2, 0.25) is 0 Å². The molecule has 0 amide bonds. The Labute approximate surface area is 76.6 Å². The minimum absolute atomic E-state index is 0.535. The molecule has 0 aliphatic heterocycles. The smallest absolute Gasteiger partial charge is 0.312 e. The largest absolute Gasteiger partial charge is 0.481 e. The van der Waals surface area contributed by atoms with Crippen LogP contribution in [0.1, 0.15) is 30.5 Å². The van der Waals surface area contributed by atoms with Gasteiger partial charge in [-0.2, -0.15) is 10.2 Å². The molecule has 0 aliphatic carbocycles. The number of carboxylic acids is 1. The van der Waals surface area contributed by atoms with Gasteiger partial charge in [0.2, 0.25) is 0 Å².